The van der Waals surface area contributed by atoms with Crippen LogP contribution in [0.4, 0.5) is 0 Å². The number of pyridine rings is 1. The molecule has 3 aliphatic carbocycles. The molecule has 82 valence electrons. The summed E-state index contributed by atoms with van der Waals surface area (Å²) in [4.78, 5) is 0. The highest BCUT2D eigenvalue weighted by atomic mass is 16.5. The Morgan fingerprint density at radius 2 is 2.31 bits per heavy atom. The minimum Gasteiger partial charge on any atom is -0.493 e. The molecular formula is C12H13N3O. The predicted molar refractivity (Wildman–Crippen MR) is 58.3 cm³/mol. The normalized spacial score (nSPS) is 30.9. The second kappa shape index (κ2) is 2.75. The van der Waals surface area contributed by atoms with Crippen LogP contribution in [0.15, 0.2) is 24.7 Å². The van der Waals surface area contributed by atoms with E-state index in [4.69, 9.17) is 4.74 Å². The van der Waals surface area contributed by atoms with Crippen molar-refractivity contribution in [3.63, 3.8) is 0 Å². The summed E-state index contributed by atoms with van der Waals surface area (Å²) in [7, 11) is 0. The van der Waals surface area contributed by atoms with Crippen LogP contribution in [0.3, 0.4) is 0 Å². The first kappa shape index (κ1) is 8.56. The van der Waals surface area contributed by atoms with Gasteiger partial charge in [-0.2, -0.15) is 0 Å². The van der Waals surface area contributed by atoms with E-state index >= 15 is 0 Å². The molecule has 0 atom stereocenters. The minimum absolute atomic E-state index is 0.532. The Kier molecular flexibility index (Phi) is 1.47. The van der Waals surface area contributed by atoms with E-state index in [9.17, 15) is 0 Å². The van der Waals surface area contributed by atoms with Crippen molar-refractivity contribution < 1.29 is 4.74 Å². The van der Waals surface area contributed by atoms with Crippen LogP contribution in [-0.2, 0) is 0 Å². The topological polar surface area (TPSA) is 39.4 Å². The molecular weight excluding hydrogens is 202 g/mol. The lowest BCUT2D eigenvalue weighted by Gasteiger charge is -2.61. The number of aromatic nitrogens is 3. The molecule has 2 aromatic rings. The quantitative estimate of drug-likeness (QED) is 0.785. The van der Waals surface area contributed by atoms with E-state index in [0.717, 1.165) is 23.9 Å². The van der Waals surface area contributed by atoms with E-state index in [0.29, 0.717) is 5.41 Å². The number of hydrogen-bond acceptors (Lipinski definition) is 3. The number of ether oxygens (including phenoxy) is 1. The summed E-state index contributed by atoms with van der Waals surface area (Å²) in [6.07, 6.45) is 7.76. The summed E-state index contributed by atoms with van der Waals surface area (Å²) in [5.41, 5.74) is 1.37. The fourth-order valence-electron chi connectivity index (χ4n) is 2.96. The fourth-order valence-corrected chi connectivity index (χ4v) is 2.96. The molecule has 16 heavy (non-hydrogen) atoms. The third kappa shape index (κ3) is 1.10. The van der Waals surface area contributed by atoms with Crippen molar-refractivity contribution in [2.45, 2.75) is 19.3 Å². The van der Waals surface area contributed by atoms with Crippen molar-refractivity contribution in [1.82, 2.24) is 14.6 Å². The van der Waals surface area contributed by atoms with E-state index < -0.39 is 0 Å². The van der Waals surface area contributed by atoms with Gasteiger partial charge in [-0.3, -0.25) is 4.40 Å². The molecule has 3 saturated carbocycles. The molecule has 4 heteroatoms. The molecule has 2 aromatic heterocycles. The van der Waals surface area contributed by atoms with Gasteiger partial charge in [0.25, 0.3) is 0 Å². The zero-order chi connectivity index (χ0) is 10.6. The van der Waals surface area contributed by atoms with Crippen molar-refractivity contribution in [1.29, 1.82) is 0 Å². The summed E-state index contributed by atoms with van der Waals surface area (Å²) in [6, 6.07) is 3.92. The molecule has 0 aliphatic heterocycles. The first-order chi connectivity index (χ1) is 7.83. The molecule has 0 saturated heterocycles. The van der Waals surface area contributed by atoms with Crippen LogP contribution in [0.1, 0.15) is 19.3 Å². The van der Waals surface area contributed by atoms with Gasteiger partial charge in [0, 0.05) is 17.7 Å². The molecule has 0 amide bonds. The van der Waals surface area contributed by atoms with Crippen LogP contribution in [-0.4, -0.2) is 21.2 Å². The van der Waals surface area contributed by atoms with Crippen molar-refractivity contribution in [2.24, 2.45) is 11.3 Å². The van der Waals surface area contributed by atoms with E-state index in [1.54, 1.807) is 6.33 Å². The average molecular weight is 215 g/mol. The molecule has 0 spiro atoms. The molecule has 2 bridgehead atoms. The van der Waals surface area contributed by atoms with Crippen molar-refractivity contribution >= 4 is 5.65 Å². The Morgan fingerprint density at radius 1 is 1.44 bits per heavy atom. The van der Waals surface area contributed by atoms with Gasteiger partial charge in [0.2, 0.25) is 0 Å². The van der Waals surface area contributed by atoms with Crippen molar-refractivity contribution in [3.8, 4) is 5.75 Å². The summed E-state index contributed by atoms with van der Waals surface area (Å²) >= 11 is 0. The van der Waals surface area contributed by atoms with Crippen LogP contribution < -0.4 is 4.74 Å². The van der Waals surface area contributed by atoms with Gasteiger partial charge in [0.15, 0.2) is 5.65 Å². The second-order valence-corrected chi connectivity index (χ2v) is 5.23. The monoisotopic (exact) mass is 215 g/mol. The fraction of sp³-hybridized carbons (Fsp3) is 0.500. The van der Waals surface area contributed by atoms with Gasteiger partial charge >= 0.3 is 0 Å². The maximum atomic E-state index is 5.85. The largest absolute Gasteiger partial charge is 0.493 e. The Hall–Kier alpha value is -1.58. The van der Waals surface area contributed by atoms with Gasteiger partial charge in [-0.15, -0.1) is 10.2 Å². The molecule has 0 N–H and O–H groups in total. The third-order valence-corrected chi connectivity index (χ3v) is 3.98. The molecule has 3 fully saturated rings. The highest BCUT2D eigenvalue weighted by Crippen LogP contribution is 2.64. The molecule has 0 aromatic carbocycles. The minimum atomic E-state index is 0.532. The molecule has 0 radical (unpaired) electrons. The lowest BCUT2D eigenvalue weighted by Crippen LogP contribution is -2.55. The summed E-state index contributed by atoms with van der Waals surface area (Å²) in [5.74, 6) is 1.92. The third-order valence-electron chi connectivity index (χ3n) is 3.98. The van der Waals surface area contributed by atoms with Crippen LogP contribution in [0.2, 0.25) is 0 Å². The first-order valence-corrected chi connectivity index (χ1v) is 5.75. The summed E-state index contributed by atoms with van der Waals surface area (Å²) < 4.78 is 7.73. The Balaban J connectivity index is 1.52. The van der Waals surface area contributed by atoms with Gasteiger partial charge < -0.3 is 4.74 Å². The Labute approximate surface area is 93.2 Å². The Bertz CT molecular complexity index is 531. The highest BCUT2D eigenvalue weighted by Gasteiger charge is 2.56. The Morgan fingerprint density at radius 3 is 3.06 bits per heavy atom. The number of hydrogen-bond donors (Lipinski definition) is 0. The van der Waals surface area contributed by atoms with Crippen LogP contribution in [0.5, 0.6) is 5.75 Å². The van der Waals surface area contributed by atoms with Gasteiger partial charge in [0.05, 0.1) is 6.61 Å². The number of fused-ring (bicyclic) bond motifs is 1. The van der Waals surface area contributed by atoms with Crippen molar-refractivity contribution in [2.75, 3.05) is 6.61 Å². The average Bonchev–Trinajstić information content (AvgIpc) is 2.60. The summed E-state index contributed by atoms with van der Waals surface area (Å²) in [5, 5.41) is 7.84. The van der Waals surface area contributed by atoms with Crippen molar-refractivity contribution in [3.05, 3.63) is 24.7 Å². The number of rotatable bonds is 3. The van der Waals surface area contributed by atoms with Crippen LogP contribution in [0.25, 0.3) is 5.65 Å². The first-order valence-electron chi connectivity index (χ1n) is 5.75. The molecule has 0 unspecified atom stereocenters. The summed E-state index contributed by atoms with van der Waals surface area (Å²) in [6.45, 7) is 0.869. The molecule has 4 nitrogen and oxygen atoms in total. The standard InChI is InChI=1S/C12H13N3O/c1-2-15-8-13-14-11(15)3-10(1)16-7-12-4-9(5-12)6-12/h1-3,8-9H,4-7H2. The second-order valence-electron chi connectivity index (χ2n) is 5.23. The van der Waals surface area contributed by atoms with Gasteiger partial charge in [-0.25, -0.2) is 0 Å². The molecule has 3 aliphatic rings. The zero-order valence-electron chi connectivity index (χ0n) is 8.97. The van der Waals surface area contributed by atoms with Crippen LogP contribution >= 0.6 is 0 Å². The number of nitrogens with zero attached hydrogens (tertiary/aromatic N) is 3. The maximum absolute atomic E-state index is 5.85. The smallest absolute Gasteiger partial charge is 0.164 e. The lowest BCUT2D eigenvalue weighted by molar-refractivity contribution is -0.131. The molecule has 5 rings (SSSR count). The van der Waals surface area contributed by atoms with Gasteiger partial charge in [-0.05, 0) is 31.2 Å². The van der Waals surface area contributed by atoms with E-state index in [1.807, 2.05) is 22.7 Å². The van der Waals surface area contributed by atoms with E-state index in [1.165, 1.54) is 19.3 Å². The van der Waals surface area contributed by atoms with Crippen LogP contribution in [0, 0.1) is 11.3 Å². The van der Waals surface area contributed by atoms with Gasteiger partial charge in [0.1, 0.15) is 12.1 Å². The maximum Gasteiger partial charge on any atom is 0.164 e. The zero-order valence-corrected chi connectivity index (χ0v) is 8.97. The highest BCUT2D eigenvalue weighted by molar-refractivity contribution is 5.42. The SMILES string of the molecule is c1cn2cnnc2cc1OCC12CC(C1)C2. The van der Waals surface area contributed by atoms with Gasteiger partial charge in [-0.1, -0.05) is 0 Å². The van der Waals surface area contributed by atoms with E-state index in [2.05, 4.69) is 10.2 Å². The predicted octanol–water partition coefficient (Wildman–Crippen LogP) is 1.91. The van der Waals surface area contributed by atoms with E-state index in [-0.39, 0.29) is 0 Å². The lowest BCUT2D eigenvalue weighted by atomic mass is 9.45. The molecule has 2 heterocycles.